The van der Waals surface area contributed by atoms with Gasteiger partial charge in [0, 0.05) is 32.6 Å². The highest BCUT2D eigenvalue weighted by molar-refractivity contribution is 5.84. The van der Waals surface area contributed by atoms with Crippen molar-refractivity contribution in [2.24, 2.45) is 5.92 Å². The number of carbonyl (C=O) groups is 2. The van der Waals surface area contributed by atoms with Gasteiger partial charge in [-0.1, -0.05) is 30.3 Å². The smallest absolute Gasteiger partial charge is 0.227 e. The summed E-state index contributed by atoms with van der Waals surface area (Å²) in [5.41, 5.74) is 1.29. The number of rotatable bonds is 5. The number of amides is 2. The lowest BCUT2D eigenvalue weighted by Gasteiger charge is -2.36. The van der Waals surface area contributed by atoms with E-state index in [0.29, 0.717) is 45.7 Å². The summed E-state index contributed by atoms with van der Waals surface area (Å²) in [5, 5.41) is 0. The lowest BCUT2D eigenvalue weighted by Crippen LogP contribution is -2.50. The molecule has 24 heavy (non-hydrogen) atoms. The van der Waals surface area contributed by atoms with E-state index in [2.05, 4.69) is 12.1 Å². The van der Waals surface area contributed by atoms with Gasteiger partial charge in [-0.05, 0) is 24.8 Å². The summed E-state index contributed by atoms with van der Waals surface area (Å²) >= 11 is 0. The molecule has 0 aromatic heterocycles. The van der Waals surface area contributed by atoms with E-state index in [1.54, 1.807) is 0 Å². The normalized spacial score (nSPS) is 21.8. The molecule has 5 nitrogen and oxygen atoms in total. The molecule has 2 aliphatic rings. The standard InChI is InChI=1S/C19H26N2O3/c22-18-9-8-17(19(23)20-11-13-24-14-12-20)15-21(18)10-4-7-16-5-2-1-3-6-16/h1-3,5-6,17H,4,7-15H2/t17-/m1/s1. The largest absolute Gasteiger partial charge is 0.378 e. The average Bonchev–Trinajstić information content (AvgIpc) is 2.64. The zero-order valence-corrected chi connectivity index (χ0v) is 14.2. The van der Waals surface area contributed by atoms with E-state index >= 15 is 0 Å². The minimum atomic E-state index is -0.0440. The first-order chi connectivity index (χ1) is 11.7. The van der Waals surface area contributed by atoms with Crippen LogP contribution in [0.15, 0.2) is 30.3 Å². The number of likely N-dealkylation sites (tertiary alicyclic amines) is 1. The maximum absolute atomic E-state index is 12.6. The highest BCUT2D eigenvalue weighted by atomic mass is 16.5. The Morgan fingerprint density at radius 1 is 1.17 bits per heavy atom. The van der Waals surface area contributed by atoms with Gasteiger partial charge in [0.15, 0.2) is 0 Å². The third-order valence-electron chi connectivity index (χ3n) is 4.91. The van der Waals surface area contributed by atoms with E-state index in [1.165, 1.54) is 5.56 Å². The van der Waals surface area contributed by atoms with Crippen LogP contribution in [0.4, 0.5) is 0 Å². The molecule has 2 aliphatic heterocycles. The van der Waals surface area contributed by atoms with Gasteiger partial charge in [0.1, 0.15) is 0 Å². The third-order valence-corrected chi connectivity index (χ3v) is 4.91. The summed E-state index contributed by atoms with van der Waals surface area (Å²) in [7, 11) is 0. The van der Waals surface area contributed by atoms with Crippen molar-refractivity contribution in [2.45, 2.75) is 25.7 Å². The molecule has 0 N–H and O–H groups in total. The van der Waals surface area contributed by atoms with E-state index in [-0.39, 0.29) is 17.7 Å². The Kier molecular flexibility index (Phi) is 5.86. The first kappa shape index (κ1) is 17.0. The minimum Gasteiger partial charge on any atom is -0.378 e. The molecule has 0 saturated carbocycles. The predicted octanol–water partition coefficient (Wildman–Crippen LogP) is 1.72. The van der Waals surface area contributed by atoms with Gasteiger partial charge in [0.05, 0.1) is 19.1 Å². The molecule has 130 valence electrons. The van der Waals surface area contributed by atoms with Gasteiger partial charge in [0.2, 0.25) is 11.8 Å². The Morgan fingerprint density at radius 3 is 2.67 bits per heavy atom. The molecule has 0 radical (unpaired) electrons. The first-order valence-corrected chi connectivity index (χ1v) is 8.92. The van der Waals surface area contributed by atoms with Gasteiger partial charge in [-0.25, -0.2) is 0 Å². The fraction of sp³-hybridized carbons (Fsp3) is 0.579. The van der Waals surface area contributed by atoms with Crippen LogP contribution in [-0.2, 0) is 20.7 Å². The summed E-state index contributed by atoms with van der Waals surface area (Å²) in [6.07, 6.45) is 3.08. The van der Waals surface area contributed by atoms with Crippen molar-refractivity contribution in [1.82, 2.24) is 9.80 Å². The fourth-order valence-electron chi connectivity index (χ4n) is 3.49. The monoisotopic (exact) mass is 330 g/mol. The van der Waals surface area contributed by atoms with Crippen LogP contribution in [0.1, 0.15) is 24.8 Å². The Morgan fingerprint density at radius 2 is 1.92 bits per heavy atom. The summed E-state index contributed by atoms with van der Waals surface area (Å²) < 4.78 is 5.31. The number of carbonyl (C=O) groups excluding carboxylic acids is 2. The number of ether oxygens (including phenoxy) is 1. The quantitative estimate of drug-likeness (QED) is 0.826. The van der Waals surface area contributed by atoms with Gasteiger partial charge in [-0.3, -0.25) is 9.59 Å². The van der Waals surface area contributed by atoms with E-state index < -0.39 is 0 Å². The average molecular weight is 330 g/mol. The number of aryl methyl sites for hydroxylation is 1. The second-order valence-electron chi connectivity index (χ2n) is 6.60. The van der Waals surface area contributed by atoms with Gasteiger partial charge in [0.25, 0.3) is 0 Å². The van der Waals surface area contributed by atoms with Gasteiger partial charge >= 0.3 is 0 Å². The highest BCUT2D eigenvalue weighted by Crippen LogP contribution is 2.21. The molecule has 0 spiro atoms. The van der Waals surface area contributed by atoms with Crippen LogP contribution >= 0.6 is 0 Å². The van der Waals surface area contributed by atoms with E-state index in [9.17, 15) is 9.59 Å². The molecule has 1 aromatic rings. The van der Waals surface area contributed by atoms with Gasteiger partial charge in [-0.15, -0.1) is 0 Å². The molecule has 2 fully saturated rings. The number of benzene rings is 1. The summed E-state index contributed by atoms with van der Waals surface area (Å²) in [6.45, 7) is 3.91. The summed E-state index contributed by atoms with van der Waals surface area (Å²) in [5.74, 6) is 0.338. The highest BCUT2D eigenvalue weighted by Gasteiger charge is 2.32. The third kappa shape index (κ3) is 4.35. The molecule has 5 heteroatoms. The molecule has 0 aliphatic carbocycles. The van der Waals surface area contributed by atoms with Crippen molar-refractivity contribution in [2.75, 3.05) is 39.4 Å². The number of morpholine rings is 1. The fourth-order valence-corrected chi connectivity index (χ4v) is 3.49. The van der Waals surface area contributed by atoms with Crippen molar-refractivity contribution < 1.29 is 14.3 Å². The Balaban J connectivity index is 1.49. The zero-order valence-electron chi connectivity index (χ0n) is 14.2. The molecule has 3 rings (SSSR count). The van der Waals surface area contributed by atoms with Crippen LogP contribution < -0.4 is 0 Å². The Labute approximate surface area is 143 Å². The number of nitrogens with zero attached hydrogens (tertiary/aromatic N) is 2. The number of hydrogen-bond donors (Lipinski definition) is 0. The molecule has 0 unspecified atom stereocenters. The Hall–Kier alpha value is -1.88. The van der Waals surface area contributed by atoms with Crippen LogP contribution in [0.2, 0.25) is 0 Å². The summed E-state index contributed by atoms with van der Waals surface area (Å²) in [4.78, 5) is 28.6. The number of hydrogen-bond acceptors (Lipinski definition) is 3. The topological polar surface area (TPSA) is 49.9 Å². The Bertz CT molecular complexity index is 555. The van der Waals surface area contributed by atoms with Gasteiger partial charge < -0.3 is 14.5 Å². The molecule has 2 amide bonds. The first-order valence-electron chi connectivity index (χ1n) is 8.92. The molecular formula is C19H26N2O3. The number of piperidine rings is 1. The lowest BCUT2D eigenvalue weighted by atomic mass is 9.95. The summed E-state index contributed by atoms with van der Waals surface area (Å²) in [6, 6.07) is 10.3. The van der Waals surface area contributed by atoms with Crippen molar-refractivity contribution >= 4 is 11.8 Å². The SMILES string of the molecule is O=C1CC[C@@H](C(=O)N2CCOCC2)CN1CCCc1ccccc1. The second kappa shape index (κ2) is 8.29. The lowest BCUT2D eigenvalue weighted by molar-refractivity contribution is -0.145. The molecular weight excluding hydrogens is 304 g/mol. The molecule has 0 bridgehead atoms. The molecule has 1 aromatic carbocycles. The maximum Gasteiger partial charge on any atom is 0.227 e. The van der Waals surface area contributed by atoms with Crippen molar-refractivity contribution in [3.05, 3.63) is 35.9 Å². The van der Waals surface area contributed by atoms with E-state index in [1.807, 2.05) is 28.0 Å². The van der Waals surface area contributed by atoms with E-state index in [0.717, 1.165) is 19.4 Å². The van der Waals surface area contributed by atoms with Crippen LogP contribution in [0.25, 0.3) is 0 Å². The van der Waals surface area contributed by atoms with Gasteiger partial charge in [-0.2, -0.15) is 0 Å². The minimum absolute atomic E-state index is 0.0440. The maximum atomic E-state index is 12.6. The molecule has 2 heterocycles. The molecule has 1 atom stereocenters. The predicted molar refractivity (Wildman–Crippen MR) is 91.5 cm³/mol. The molecule has 2 saturated heterocycles. The zero-order chi connectivity index (χ0) is 16.8. The van der Waals surface area contributed by atoms with E-state index in [4.69, 9.17) is 4.74 Å². The van der Waals surface area contributed by atoms with Crippen molar-refractivity contribution in [3.8, 4) is 0 Å². The van der Waals surface area contributed by atoms with Crippen molar-refractivity contribution in [1.29, 1.82) is 0 Å². The van der Waals surface area contributed by atoms with Crippen LogP contribution in [0.3, 0.4) is 0 Å². The van der Waals surface area contributed by atoms with Crippen LogP contribution in [0.5, 0.6) is 0 Å². The van der Waals surface area contributed by atoms with Crippen LogP contribution in [-0.4, -0.2) is 61.0 Å². The second-order valence-corrected chi connectivity index (χ2v) is 6.60. The van der Waals surface area contributed by atoms with Crippen LogP contribution in [0, 0.1) is 5.92 Å². The van der Waals surface area contributed by atoms with Crippen molar-refractivity contribution in [3.63, 3.8) is 0 Å².